The molecule has 0 bridgehead atoms. The van der Waals surface area contributed by atoms with Crippen molar-refractivity contribution in [3.63, 3.8) is 0 Å². The molecule has 5 rings (SSSR count). The number of rotatable bonds is 4. The summed E-state index contributed by atoms with van der Waals surface area (Å²) in [6, 6.07) is 19.4. The number of benzene rings is 2. The molecule has 0 saturated carbocycles. The number of fused-ring (bicyclic) bond motifs is 1. The fraction of sp³-hybridized carbons (Fsp3) is 0.217. The van der Waals surface area contributed by atoms with Gasteiger partial charge in [-0.15, -0.1) is 15.3 Å². The lowest BCUT2D eigenvalue weighted by molar-refractivity contribution is 0.0941. The summed E-state index contributed by atoms with van der Waals surface area (Å²) in [5.74, 6) is 0.999. The van der Waals surface area contributed by atoms with Crippen molar-refractivity contribution in [1.82, 2.24) is 24.7 Å². The van der Waals surface area contributed by atoms with Gasteiger partial charge in [0.2, 0.25) is 0 Å². The van der Waals surface area contributed by atoms with Gasteiger partial charge in [-0.1, -0.05) is 30.3 Å². The highest BCUT2D eigenvalue weighted by atomic mass is 19.1. The molecule has 2 aromatic carbocycles. The van der Waals surface area contributed by atoms with E-state index in [0.29, 0.717) is 37.7 Å². The van der Waals surface area contributed by atoms with Gasteiger partial charge in [-0.05, 0) is 42.0 Å². The van der Waals surface area contributed by atoms with E-state index in [1.807, 2.05) is 42.5 Å². The Bertz CT molecular complexity index is 1220. The summed E-state index contributed by atoms with van der Waals surface area (Å²) in [6.45, 7) is 2.61. The van der Waals surface area contributed by atoms with Crippen molar-refractivity contribution in [2.45, 2.75) is 6.61 Å². The molecule has 8 nitrogen and oxygen atoms in total. The van der Waals surface area contributed by atoms with Gasteiger partial charge < -0.3 is 14.5 Å². The van der Waals surface area contributed by atoms with Crippen molar-refractivity contribution >= 4 is 17.6 Å². The highest BCUT2D eigenvalue weighted by Gasteiger charge is 2.23. The fourth-order valence-electron chi connectivity index (χ4n) is 3.66. The molecule has 162 valence electrons. The second-order valence-corrected chi connectivity index (χ2v) is 7.51. The molecule has 0 N–H and O–H groups in total. The van der Waals surface area contributed by atoms with Gasteiger partial charge in [0.05, 0.1) is 0 Å². The molecule has 1 aliphatic rings. The van der Waals surface area contributed by atoms with Gasteiger partial charge in [0.25, 0.3) is 0 Å². The lowest BCUT2D eigenvalue weighted by Gasteiger charge is -2.34. The van der Waals surface area contributed by atoms with Gasteiger partial charge in [-0.25, -0.2) is 9.18 Å². The predicted octanol–water partition coefficient (Wildman–Crippen LogP) is 3.39. The molecular weight excluding hydrogens is 411 g/mol. The van der Waals surface area contributed by atoms with Crippen LogP contribution in [0.25, 0.3) is 17.0 Å². The van der Waals surface area contributed by atoms with Crippen molar-refractivity contribution in [1.29, 1.82) is 0 Å². The highest BCUT2D eigenvalue weighted by molar-refractivity contribution is 5.68. The van der Waals surface area contributed by atoms with E-state index in [4.69, 9.17) is 9.84 Å². The summed E-state index contributed by atoms with van der Waals surface area (Å²) in [4.78, 5) is 16.2. The Hall–Kier alpha value is -4.01. The molecule has 32 heavy (non-hydrogen) atoms. The number of nitrogens with zero attached hydrogens (tertiary/aromatic N) is 6. The summed E-state index contributed by atoms with van der Waals surface area (Å²) < 4.78 is 20.4. The van der Waals surface area contributed by atoms with Gasteiger partial charge >= 0.3 is 6.09 Å². The summed E-state index contributed by atoms with van der Waals surface area (Å²) in [7, 11) is 0. The summed E-state index contributed by atoms with van der Waals surface area (Å²) >= 11 is 0. The zero-order chi connectivity index (χ0) is 21.9. The number of halogens is 1. The van der Waals surface area contributed by atoms with Gasteiger partial charge in [-0.2, -0.15) is 4.52 Å². The number of ether oxygens (including phenoxy) is 1. The van der Waals surface area contributed by atoms with Crippen molar-refractivity contribution in [3.8, 4) is 11.4 Å². The minimum atomic E-state index is -0.311. The second kappa shape index (κ2) is 8.62. The molecule has 1 saturated heterocycles. The Kier molecular flexibility index (Phi) is 5.37. The lowest BCUT2D eigenvalue weighted by Crippen LogP contribution is -2.49. The van der Waals surface area contributed by atoms with Crippen LogP contribution in [0.4, 0.5) is 15.0 Å². The van der Waals surface area contributed by atoms with E-state index in [1.54, 1.807) is 21.5 Å². The van der Waals surface area contributed by atoms with E-state index >= 15 is 0 Å². The number of hydrogen-bond donors (Lipinski definition) is 0. The third-order valence-corrected chi connectivity index (χ3v) is 5.42. The largest absolute Gasteiger partial charge is 0.445 e. The minimum Gasteiger partial charge on any atom is -0.445 e. The van der Waals surface area contributed by atoms with Crippen LogP contribution in [0.1, 0.15) is 5.56 Å². The lowest BCUT2D eigenvalue weighted by atomic mass is 10.2. The molecule has 1 aliphatic heterocycles. The molecule has 0 spiro atoms. The monoisotopic (exact) mass is 432 g/mol. The average molecular weight is 432 g/mol. The maximum absolute atomic E-state index is 13.3. The molecule has 0 unspecified atom stereocenters. The Labute approximate surface area is 183 Å². The summed E-state index contributed by atoms with van der Waals surface area (Å²) in [6.07, 6.45) is -0.311. The Morgan fingerprint density at radius 2 is 1.66 bits per heavy atom. The molecule has 0 aliphatic carbocycles. The standard InChI is InChI=1S/C23H21FN6O2/c24-19-8-6-18(7-9-19)22-26-25-20-10-11-21(27-30(20)22)28-12-14-29(15-13-28)23(31)32-16-17-4-2-1-3-5-17/h1-11H,12-16H2. The molecule has 1 fully saturated rings. The SMILES string of the molecule is O=C(OCc1ccccc1)N1CCN(c2ccc3nnc(-c4ccc(F)cc4)n3n2)CC1. The van der Waals surface area contributed by atoms with E-state index in [1.165, 1.54) is 12.1 Å². The Morgan fingerprint density at radius 3 is 2.41 bits per heavy atom. The van der Waals surface area contributed by atoms with Crippen LogP contribution in [0.3, 0.4) is 0 Å². The van der Waals surface area contributed by atoms with Gasteiger partial charge in [-0.3, -0.25) is 0 Å². The zero-order valence-electron chi connectivity index (χ0n) is 17.3. The molecule has 0 radical (unpaired) electrons. The molecule has 0 atom stereocenters. The summed E-state index contributed by atoms with van der Waals surface area (Å²) in [5, 5.41) is 13.0. The first-order chi connectivity index (χ1) is 15.7. The van der Waals surface area contributed by atoms with Crippen molar-refractivity contribution in [2.24, 2.45) is 0 Å². The van der Waals surface area contributed by atoms with Crippen LogP contribution >= 0.6 is 0 Å². The first kappa shape index (κ1) is 19.9. The quantitative estimate of drug-likeness (QED) is 0.492. The first-order valence-electron chi connectivity index (χ1n) is 10.4. The van der Waals surface area contributed by atoms with Crippen LogP contribution in [-0.4, -0.2) is 57.0 Å². The van der Waals surface area contributed by atoms with Crippen molar-refractivity contribution in [3.05, 3.63) is 78.1 Å². The third-order valence-electron chi connectivity index (χ3n) is 5.42. The normalized spacial score (nSPS) is 14.0. The minimum absolute atomic E-state index is 0.262. The molecule has 2 aromatic heterocycles. The van der Waals surface area contributed by atoms with E-state index in [9.17, 15) is 9.18 Å². The Balaban J connectivity index is 1.25. The van der Waals surface area contributed by atoms with Crippen LogP contribution in [0.5, 0.6) is 0 Å². The van der Waals surface area contributed by atoms with E-state index in [-0.39, 0.29) is 18.5 Å². The fourth-order valence-corrected chi connectivity index (χ4v) is 3.66. The van der Waals surface area contributed by atoms with Crippen LogP contribution < -0.4 is 4.90 Å². The average Bonchev–Trinajstić information content (AvgIpc) is 3.27. The van der Waals surface area contributed by atoms with Crippen molar-refractivity contribution in [2.75, 3.05) is 31.1 Å². The van der Waals surface area contributed by atoms with Crippen LogP contribution in [0.2, 0.25) is 0 Å². The van der Waals surface area contributed by atoms with Crippen molar-refractivity contribution < 1.29 is 13.9 Å². The second-order valence-electron chi connectivity index (χ2n) is 7.51. The van der Waals surface area contributed by atoms with E-state index < -0.39 is 0 Å². The van der Waals surface area contributed by atoms with Crippen LogP contribution in [0, 0.1) is 5.82 Å². The molecule has 4 aromatic rings. The maximum atomic E-state index is 13.3. The van der Waals surface area contributed by atoms with Crippen LogP contribution in [0.15, 0.2) is 66.7 Å². The smallest absolute Gasteiger partial charge is 0.410 e. The topological polar surface area (TPSA) is 75.9 Å². The highest BCUT2D eigenvalue weighted by Crippen LogP contribution is 2.21. The van der Waals surface area contributed by atoms with E-state index in [0.717, 1.165) is 16.9 Å². The first-order valence-corrected chi connectivity index (χ1v) is 10.4. The zero-order valence-corrected chi connectivity index (χ0v) is 17.3. The summed E-state index contributed by atoms with van der Waals surface area (Å²) in [5.41, 5.74) is 2.30. The number of carbonyl (C=O) groups is 1. The Morgan fingerprint density at radius 1 is 0.906 bits per heavy atom. The van der Waals surface area contributed by atoms with Gasteiger partial charge in [0.15, 0.2) is 11.5 Å². The maximum Gasteiger partial charge on any atom is 0.410 e. The number of anilines is 1. The van der Waals surface area contributed by atoms with Gasteiger partial charge in [0.1, 0.15) is 18.2 Å². The molecule has 1 amide bonds. The van der Waals surface area contributed by atoms with Gasteiger partial charge in [0, 0.05) is 31.7 Å². The predicted molar refractivity (Wildman–Crippen MR) is 117 cm³/mol. The third kappa shape index (κ3) is 4.09. The van der Waals surface area contributed by atoms with Crippen LogP contribution in [-0.2, 0) is 11.3 Å². The van der Waals surface area contributed by atoms with E-state index in [2.05, 4.69) is 15.1 Å². The number of hydrogen-bond acceptors (Lipinski definition) is 6. The number of aromatic nitrogens is 4. The molecule has 9 heteroatoms. The molecule has 3 heterocycles. The number of carbonyl (C=O) groups excluding carboxylic acids is 1. The number of piperazine rings is 1. The molecular formula is C23H21FN6O2. The number of amides is 1.